The summed E-state index contributed by atoms with van der Waals surface area (Å²) in [7, 11) is 0. The van der Waals surface area contributed by atoms with E-state index in [0.29, 0.717) is 12.2 Å². The van der Waals surface area contributed by atoms with Gasteiger partial charge in [0.05, 0.1) is 6.04 Å². The molecule has 0 radical (unpaired) electrons. The lowest BCUT2D eigenvalue weighted by Gasteiger charge is -2.01. The van der Waals surface area contributed by atoms with E-state index < -0.39 is 0 Å². The Morgan fingerprint density at radius 3 is 3.00 bits per heavy atom. The van der Waals surface area contributed by atoms with Crippen molar-refractivity contribution in [1.29, 1.82) is 0 Å². The van der Waals surface area contributed by atoms with E-state index in [1.165, 1.54) is 16.2 Å². The molecule has 0 aliphatic heterocycles. The second kappa shape index (κ2) is 6.08. The number of aromatic nitrogens is 1. The molecule has 2 aromatic heterocycles. The van der Waals surface area contributed by atoms with Gasteiger partial charge in [-0.25, -0.2) is 4.98 Å². The highest BCUT2D eigenvalue weighted by Crippen LogP contribution is 2.15. The molecule has 1 unspecified atom stereocenters. The minimum atomic E-state index is -0.130. The number of amides is 1. The van der Waals surface area contributed by atoms with Crippen molar-refractivity contribution in [1.82, 2.24) is 10.3 Å². The van der Waals surface area contributed by atoms with Crippen molar-refractivity contribution >= 4 is 28.6 Å². The summed E-state index contributed by atoms with van der Waals surface area (Å²) in [5.74, 6) is -0.130. The number of rotatable bonds is 5. The van der Waals surface area contributed by atoms with Gasteiger partial charge in [0.1, 0.15) is 10.7 Å². The Morgan fingerprint density at radius 1 is 1.56 bits per heavy atom. The number of hydrogen-bond acceptors (Lipinski definition) is 5. The first kappa shape index (κ1) is 13.2. The highest BCUT2D eigenvalue weighted by atomic mass is 32.1. The summed E-state index contributed by atoms with van der Waals surface area (Å²) in [6, 6.07) is 3.95. The molecule has 0 aliphatic rings. The second-order valence-electron chi connectivity index (χ2n) is 3.94. The molecule has 3 N–H and O–H groups in total. The van der Waals surface area contributed by atoms with Gasteiger partial charge >= 0.3 is 0 Å². The van der Waals surface area contributed by atoms with Crippen molar-refractivity contribution in [2.75, 3.05) is 6.54 Å². The summed E-state index contributed by atoms with van der Waals surface area (Å²) in [6.07, 6.45) is 0.855. The van der Waals surface area contributed by atoms with Crippen LogP contribution in [0.3, 0.4) is 0 Å². The van der Waals surface area contributed by atoms with Crippen molar-refractivity contribution in [3.05, 3.63) is 38.5 Å². The molecule has 0 saturated carbocycles. The van der Waals surface area contributed by atoms with E-state index in [0.717, 1.165) is 11.4 Å². The minimum absolute atomic E-state index is 0.123. The van der Waals surface area contributed by atoms with Crippen LogP contribution in [-0.4, -0.2) is 17.4 Å². The number of hydrogen-bond donors (Lipinski definition) is 2. The Kier molecular flexibility index (Phi) is 4.46. The van der Waals surface area contributed by atoms with Crippen molar-refractivity contribution < 1.29 is 4.79 Å². The molecule has 18 heavy (non-hydrogen) atoms. The van der Waals surface area contributed by atoms with Crippen LogP contribution in [0.1, 0.15) is 33.3 Å². The molecule has 2 aromatic rings. The molecule has 4 nitrogen and oxygen atoms in total. The molecule has 0 saturated heterocycles. The Labute approximate surface area is 114 Å². The second-order valence-corrected chi connectivity index (χ2v) is 5.87. The SMILES string of the molecule is CC(N)c1nc(C(=O)NCCc2cccs2)cs1. The van der Waals surface area contributed by atoms with Gasteiger partial charge < -0.3 is 11.1 Å². The smallest absolute Gasteiger partial charge is 0.270 e. The number of nitrogens with one attached hydrogen (secondary N) is 1. The molecule has 0 aromatic carbocycles. The number of thiophene rings is 1. The normalized spacial score (nSPS) is 12.3. The minimum Gasteiger partial charge on any atom is -0.350 e. The van der Waals surface area contributed by atoms with Crippen LogP contribution < -0.4 is 11.1 Å². The first-order valence-corrected chi connectivity index (χ1v) is 7.44. The fraction of sp³-hybridized carbons (Fsp3) is 0.333. The first-order chi connectivity index (χ1) is 8.66. The number of nitrogens with two attached hydrogens (primary N) is 1. The summed E-state index contributed by atoms with van der Waals surface area (Å²) in [5.41, 5.74) is 6.17. The van der Waals surface area contributed by atoms with Crippen LogP contribution in [0.2, 0.25) is 0 Å². The quantitative estimate of drug-likeness (QED) is 0.883. The lowest BCUT2D eigenvalue weighted by atomic mass is 10.3. The molecular formula is C12H15N3OS2. The van der Waals surface area contributed by atoms with Crippen molar-refractivity contribution in [3.63, 3.8) is 0 Å². The number of carbonyl (C=O) groups is 1. The van der Waals surface area contributed by atoms with Gasteiger partial charge in [-0.15, -0.1) is 22.7 Å². The molecule has 2 heterocycles. The van der Waals surface area contributed by atoms with E-state index in [1.54, 1.807) is 16.7 Å². The third-order valence-electron chi connectivity index (χ3n) is 2.38. The molecule has 1 atom stereocenters. The fourth-order valence-corrected chi connectivity index (χ4v) is 2.91. The van der Waals surface area contributed by atoms with Crippen molar-refractivity contribution in [2.24, 2.45) is 5.73 Å². The maximum absolute atomic E-state index is 11.8. The topological polar surface area (TPSA) is 68.0 Å². The summed E-state index contributed by atoms with van der Waals surface area (Å²) in [5, 5.41) is 7.43. The number of carbonyl (C=O) groups excluding carboxylic acids is 1. The average molecular weight is 281 g/mol. The van der Waals surface area contributed by atoms with E-state index in [9.17, 15) is 4.79 Å². The number of nitrogens with zero attached hydrogens (tertiary/aromatic N) is 1. The van der Waals surface area contributed by atoms with Crippen LogP contribution in [0.4, 0.5) is 0 Å². The lowest BCUT2D eigenvalue weighted by Crippen LogP contribution is -2.25. The van der Waals surface area contributed by atoms with Gasteiger partial charge in [0.2, 0.25) is 0 Å². The van der Waals surface area contributed by atoms with Crippen LogP contribution in [0.15, 0.2) is 22.9 Å². The molecule has 1 amide bonds. The molecule has 96 valence electrons. The fourth-order valence-electron chi connectivity index (χ4n) is 1.45. The lowest BCUT2D eigenvalue weighted by molar-refractivity contribution is 0.0949. The molecule has 0 fully saturated rings. The predicted octanol–water partition coefficient (Wildman–Crippen LogP) is 2.20. The summed E-state index contributed by atoms with van der Waals surface area (Å²) >= 11 is 3.12. The molecule has 0 aliphatic carbocycles. The zero-order chi connectivity index (χ0) is 13.0. The standard InChI is InChI=1S/C12H15N3OS2/c1-8(13)12-15-10(7-18-12)11(16)14-5-4-9-3-2-6-17-9/h2-3,6-8H,4-5,13H2,1H3,(H,14,16). The van der Waals surface area contributed by atoms with E-state index in [1.807, 2.05) is 18.4 Å². The van der Waals surface area contributed by atoms with E-state index in [4.69, 9.17) is 5.73 Å². The van der Waals surface area contributed by atoms with E-state index in [-0.39, 0.29) is 11.9 Å². The van der Waals surface area contributed by atoms with Crippen LogP contribution in [-0.2, 0) is 6.42 Å². The number of thiazole rings is 1. The van der Waals surface area contributed by atoms with Crippen LogP contribution in [0, 0.1) is 0 Å². The van der Waals surface area contributed by atoms with Gasteiger partial charge in [-0.1, -0.05) is 6.07 Å². The van der Waals surface area contributed by atoms with E-state index >= 15 is 0 Å². The average Bonchev–Trinajstić information content (AvgIpc) is 2.99. The first-order valence-electron chi connectivity index (χ1n) is 5.68. The highest BCUT2D eigenvalue weighted by Gasteiger charge is 2.12. The summed E-state index contributed by atoms with van der Waals surface area (Å²) < 4.78 is 0. The molecular weight excluding hydrogens is 266 g/mol. The summed E-state index contributed by atoms with van der Waals surface area (Å²) in [4.78, 5) is 17.3. The van der Waals surface area contributed by atoms with Crippen LogP contribution in [0.25, 0.3) is 0 Å². The predicted molar refractivity (Wildman–Crippen MR) is 75.1 cm³/mol. The van der Waals surface area contributed by atoms with Crippen LogP contribution >= 0.6 is 22.7 Å². The molecule has 2 rings (SSSR count). The van der Waals surface area contributed by atoms with Gasteiger partial charge in [0, 0.05) is 16.8 Å². The zero-order valence-electron chi connectivity index (χ0n) is 10.1. The Bertz CT molecular complexity index is 505. The van der Waals surface area contributed by atoms with Gasteiger partial charge in [-0.2, -0.15) is 0 Å². The monoisotopic (exact) mass is 281 g/mol. The van der Waals surface area contributed by atoms with E-state index in [2.05, 4.69) is 16.4 Å². The Hall–Kier alpha value is -1.24. The third-order valence-corrected chi connectivity index (χ3v) is 4.36. The van der Waals surface area contributed by atoms with Crippen molar-refractivity contribution in [2.45, 2.75) is 19.4 Å². The Balaban J connectivity index is 1.83. The molecule has 6 heteroatoms. The van der Waals surface area contributed by atoms with Crippen LogP contribution in [0.5, 0.6) is 0 Å². The molecule has 0 spiro atoms. The Morgan fingerprint density at radius 2 is 2.39 bits per heavy atom. The maximum atomic E-state index is 11.8. The van der Waals surface area contributed by atoms with Gasteiger partial charge in [-0.3, -0.25) is 4.79 Å². The maximum Gasteiger partial charge on any atom is 0.270 e. The van der Waals surface area contributed by atoms with Gasteiger partial charge in [0.15, 0.2) is 0 Å². The third kappa shape index (κ3) is 3.38. The zero-order valence-corrected chi connectivity index (χ0v) is 11.7. The van der Waals surface area contributed by atoms with Gasteiger partial charge in [0.25, 0.3) is 5.91 Å². The molecule has 0 bridgehead atoms. The summed E-state index contributed by atoms with van der Waals surface area (Å²) in [6.45, 7) is 2.49. The largest absolute Gasteiger partial charge is 0.350 e. The highest BCUT2D eigenvalue weighted by molar-refractivity contribution is 7.10. The van der Waals surface area contributed by atoms with Gasteiger partial charge in [-0.05, 0) is 24.8 Å². The van der Waals surface area contributed by atoms with Crippen molar-refractivity contribution in [3.8, 4) is 0 Å².